The van der Waals surface area contributed by atoms with E-state index in [2.05, 4.69) is 10.3 Å². The van der Waals surface area contributed by atoms with Crippen molar-refractivity contribution in [2.75, 3.05) is 18.4 Å². The predicted molar refractivity (Wildman–Crippen MR) is 85.9 cm³/mol. The minimum absolute atomic E-state index is 0.0288. The van der Waals surface area contributed by atoms with Crippen LogP contribution in [-0.4, -0.2) is 28.9 Å². The summed E-state index contributed by atoms with van der Waals surface area (Å²) < 4.78 is 0. The van der Waals surface area contributed by atoms with Crippen molar-refractivity contribution < 1.29 is 4.79 Å². The van der Waals surface area contributed by atoms with E-state index in [0.717, 1.165) is 5.69 Å². The molecule has 1 N–H and O–H groups in total. The Morgan fingerprint density at radius 2 is 1.86 bits per heavy atom. The summed E-state index contributed by atoms with van der Waals surface area (Å²) in [6.07, 6.45) is 0. The van der Waals surface area contributed by atoms with E-state index in [1.54, 1.807) is 35.2 Å². The molecule has 0 saturated carbocycles. The average molecular weight is 294 g/mol. The van der Waals surface area contributed by atoms with E-state index < -0.39 is 0 Å². The van der Waals surface area contributed by atoms with Gasteiger partial charge in [0.2, 0.25) is 0 Å². The monoisotopic (exact) mass is 294 g/mol. The van der Waals surface area contributed by atoms with Crippen molar-refractivity contribution in [1.82, 2.24) is 9.88 Å². The zero-order valence-corrected chi connectivity index (χ0v) is 12.7. The maximum Gasteiger partial charge on any atom is 0.253 e. The van der Waals surface area contributed by atoms with Crippen molar-refractivity contribution in [2.45, 2.75) is 13.8 Å². The summed E-state index contributed by atoms with van der Waals surface area (Å²) in [6.45, 7) is 5.32. The van der Waals surface area contributed by atoms with Crippen LogP contribution in [0.1, 0.15) is 29.9 Å². The van der Waals surface area contributed by atoms with Gasteiger partial charge < -0.3 is 10.2 Å². The van der Waals surface area contributed by atoms with Gasteiger partial charge in [-0.2, -0.15) is 5.26 Å². The van der Waals surface area contributed by atoms with Crippen molar-refractivity contribution in [3.8, 4) is 6.07 Å². The number of carbonyl (C=O) groups excluding carboxylic acids is 1. The van der Waals surface area contributed by atoms with Crippen LogP contribution in [0.15, 0.2) is 42.5 Å². The van der Waals surface area contributed by atoms with E-state index >= 15 is 0 Å². The second-order valence-corrected chi connectivity index (χ2v) is 4.70. The van der Waals surface area contributed by atoms with Crippen molar-refractivity contribution in [1.29, 1.82) is 5.26 Å². The molecule has 0 atom stereocenters. The first-order valence-corrected chi connectivity index (χ1v) is 7.21. The third-order valence-corrected chi connectivity index (χ3v) is 3.32. The van der Waals surface area contributed by atoms with E-state index in [1.165, 1.54) is 0 Å². The quantitative estimate of drug-likeness (QED) is 0.919. The number of amides is 1. The van der Waals surface area contributed by atoms with Gasteiger partial charge in [0.1, 0.15) is 17.6 Å². The lowest BCUT2D eigenvalue weighted by Crippen LogP contribution is -2.30. The number of pyridine rings is 1. The molecule has 0 aliphatic rings. The Labute approximate surface area is 130 Å². The molecule has 2 aromatic rings. The van der Waals surface area contributed by atoms with Crippen molar-refractivity contribution in [3.63, 3.8) is 0 Å². The molecule has 0 aliphatic carbocycles. The molecule has 22 heavy (non-hydrogen) atoms. The number of hydrogen-bond donors (Lipinski definition) is 1. The Hall–Kier alpha value is -2.87. The SMILES string of the molecule is CCN(CC)C(=O)c1ccc(Nc2cccc(C#N)n2)cc1. The summed E-state index contributed by atoms with van der Waals surface area (Å²) in [4.78, 5) is 18.1. The fraction of sp³-hybridized carbons (Fsp3) is 0.235. The van der Waals surface area contributed by atoms with Crippen LogP contribution in [0.4, 0.5) is 11.5 Å². The average Bonchev–Trinajstić information content (AvgIpc) is 2.56. The van der Waals surface area contributed by atoms with Crippen LogP contribution in [0, 0.1) is 11.3 Å². The first-order valence-electron chi connectivity index (χ1n) is 7.21. The summed E-state index contributed by atoms with van der Waals surface area (Å²) in [5.41, 5.74) is 1.84. The zero-order chi connectivity index (χ0) is 15.9. The van der Waals surface area contributed by atoms with Gasteiger partial charge in [-0.1, -0.05) is 6.07 Å². The molecule has 0 bridgehead atoms. The lowest BCUT2D eigenvalue weighted by molar-refractivity contribution is 0.0773. The summed E-state index contributed by atoms with van der Waals surface area (Å²) in [5.74, 6) is 0.628. The number of benzene rings is 1. The molecule has 0 spiro atoms. The molecule has 1 aromatic carbocycles. The molecular formula is C17H18N4O. The minimum Gasteiger partial charge on any atom is -0.340 e. The Morgan fingerprint density at radius 3 is 2.45 bits per heavy atom. The molecule has 2 rings (SSSR count). The van der Waals surface area contributed by atoms with E-state index in [1.807, 2.05) is 32.0 Å². The van der Waals surface area contributed by atoms with E-state index in [0.29, 0.717) is 30.2 Å². The van der Waals surface area contributed by atoms with Crippen LogP contribution >= 0.6 is 0 Å². The molecule has 1 heterocycles. The third-order valence-electron chi connectivity index (χ3n) is 3.32. The third kappa shape index (κ3) is 3.61. The summed E-state index contributed by atoms with van der Waals surface area (Å²) in [6, 6.07) is 14.4. The first-order chi connectivity index (χ1) is 10.7. The number of aromatic nitrogens is 1. The number of anilines is 2. The molecule has 0 unspecified atom stereocenters. The fourth-order valence-corrected chi connectivity index (χ4v) is 2.10. The Kier molecular flexibility index (Phi) is 5.10. The number of carbonyl (C=O) groups is 1. The van der Waals surface area contributed by atoms with E-state index in [9.17, 15) is 4.79 Å². The van der Waals surface area contributed by atoms with Gasteiger partial charge in [0.05, 0.1) is 0 Å². The molecule has 0 radical (unpaired) electrons. The summed E-state index contributed by atoms with van der Waals surface area (Å²) in [5, 5.41) is 12.0. The highest BCUT2D eigenvalue weighted by Crippen LogP contribution is 2.16. The number of nitrogens with zero attached hydrogens (tertiary/aromatic N) is 3. The van der Waals surface area contributed by atoms with Crippen LogP contribution in [0.2, 0.25) is 0 Å². The highest BCUT2D eigenvalue weighted by atomic mass is 16.2. The van der Waals surface area contributed by atoms with Crippen LogP contribution in [0.3, 0.4) is 0 Å². The van der Waals surface area contributed by atoms with Crippen molar-refractivity contribution >= 4 is 17.4 Å². The van der Waals surface area contributed by atoms with Crippen LogP contribution in [-0.2, 0) is 0 Å². The predicted octanol–water partition coefficient (Wildman–Crippen LogP) is 3.18. The minimum atomic E-state index is 0.0288. The molecule has 5 heteroatoms. The van der Waals surface area contributed by atoms with Gasteiger partial charge in [-0.05, 0) is 50.2 Å². The molecule has 1 amide bonds. The second-order valence-electron chi connectivity index (χ2n) is 4.70. The maximum absolute atomic E-state index is 12.2. The van der Waals surface area contributed by atoms with Gasteiger partial charge in [-0.3, -0.25) is 4.79 Å². The number of nitrogens with one attached hydrogen (secondary N) is 1. The van der Waals surface area contributed by atoms with Gasteiger partial charge in [-0.15, -0.1) is 0 Å². The van der Waals surface area contributed by atoms with Gasteiger partial charge >= 0.3 is 0 Å². The zero-order valence-electron chi connectivity index (χ0n) is 12.7. The first kappa shape index (κ1) is 15.5. The topological polar surface area (TPSA) is 69.0 Å². The normalized spacial score (nSPS) is 9.86. The summed E-state index contributed by atoms with van der Waals surface area (Å²) in [7, 11) is 0. The smallest absolute Gasteiger partial charge is 0.253 e. The molecule has 0 saturated heterocycles. The van der Waals surface area contributed by atoms with E-state index in [-0.39, 0.29) is 5.91 Å². The number of nitriles is 1. The number of rotatable bonds is 5. The second kappa shape index (κ2) is 7.23. The van der Waals surface area contributed by atoms with Crippen molar-refractivity contribution in [3.05, 3.63) is 53.7 Å². The number of hydrogen-bond acceptors (Lipinski definition) is 4. The fourth-order valence-electron chi connectivity index (χ4n) is 2.10. The standard InChI is InChI=1S/C17H18N4O/c1-3-21(4-2)17(22)13-8-10-14(11-9-13)19-16-7-5-6-15(12-18)20-16/h5-11H,3-4H2,1-2H3,(H,19,20). The van der Waals surface area contributed by atoms with Gasteiger partial charge in [-0.25, -0.2) is 4.98 Å². The van der Waals surface area contributed by atoms with Crippen molar-refractivity contribution in [2.24, 2.45) is 0 Å². The van der Waals surface area contributed by atoms with Crippen LogP contribution in [0.5, 0.6) is 0 Å². The van der Waals surface area contributed by atoms with Crippen LogP contribution < -0.4 is 5.32 Å². The summed E-state index contributed by atoms with van der Waals surface area (Å²) >= 11 is 0. The molecular weight excluding hydrogens is 276 g/mol. The lowest BCUT2D eigenvalue weighted by Gasteiger charge is -2.18. The van der Waals surface area contributed by atoms with Gasteiger partial charge in [0, 0.05) is 24.3 Å². The Bertz CT molecular complexity index is 685. The Morgan fingerprint density at radius 1 is 1.18 bits per heavy atom. The highest BCUT2D eigenvalue weighted by Gasteiger charge is 2.11. The van der Waals surface area contributed by atoms with Gasteiger partial charge in [0.15, 0.2) is 0 Å². The molecule has 112 valence electrons. The largest absolute Gasteiger partial charge is 0.340 e. The lowest BCUT2D eigenvalue weighted by atomic mass is 10.1. The van der Waals surface area contributed by atoms with Crippen LogP contribution in [0.25, 0.3) is 0 Å². The molecule has 0 fully saturated rings. The maximum atomic E-state index is 12.2. The van der Waals surface area contributed by atoms with Gasteiger partial charge in [0.25, 0.3) is 5.91 Å². The van der Waals surface area contributed by atoms with E-state index in [4.69, 9.17) is 5.26 Å². The molecule has 0 aliphatic heterocycles. The molecule has 1 aromatic heterocycles. The highest BCUT2D eigenvalue weighted by molar-refractivity contribution is 5.94. The Balaban J connectivity index is 2.12. The molecule has 5 nitrogen and oxygen atoms in total.